The zero-order chi connectivity index (χ0) is 24.7. The summed E-state index contributed by atoms with van der Waals surface area (Å²) < 4.78 is 26.3. The summed E-state index contributed by atoms with van der Waals surface area (Å²) in [4.78, 5) is 37.1. The second-order valence-corrected chi connectivity index (χ2v) is 7.06. The molecule has 1 atom stereocenters. The van der Waals surface area contributed by atoms with Crippen LogP contribution < -0.4 is 24.8 Å². The van der Waals surface area contributed by atoms with Crippen LogP contribution >= 0.6 is 0 Å². The fraction of sp³-hybridized carbons (Fsp3) is 0.292. The van der Waals surface area contributed by atoms with Crippen molar-refractivity contribution >= 4 is 18.0 Å². The van der Waals surface area contributed by atoms with E-state index < -0.39 is 24.0 Å². The Morgan fingerprint density at radius 1 is 0.941 bits per heavy atom. The van der Waals surface area contributed by atoms with Gasteiger partial charge in [0.15, 0.2) is 11.5 Å². The summed E-state index contributed by atoms with van der Waals surface area (Å²) in [5.41, 5.74) is 1.39. The number of carbonyl (C=O) groups excluding carboxylic acids is 3. The standard InChI is InChI=1S/C24H26N2O8/c1-5-33-23(28)20-17(13-34-18-11-8-15(22(27)32-4)12-19(18)31-3)25-24(29)26-21(20)14-6-9-16(30-2)10-7-14/h6-12,21H,5,13H2,1-4H3,(H2,25,26,29). The minimum absolute atomic E-state index is 0.155. The molecule has 0 radical (unpaired) electrons. The topological polar surface area (TPSA) is 121 Å². The van der Waals surface area contributed by atoms with Gasteiger partial charge in [0, 0.05) is 0 Å². The minimum atomic E-state index is -0.763. The molecule has 2 aromatic carbocycles. The maximum atomic E-state index is 12.9. The fourth-order valence-corrected chi connectivity index (χ4v) is 3.41. The molecule has 1 aliphatic rings. The molecule has 0 aliphatic carbocycles. The van der Waals surface area contributed by atoms with Crippen molar-refractivity contribution in [3.63, 3.8) is 0 Å². The van der Waals surface area contributed by atoms with Crippen molar-refractivity contribution in [2.24, 2.45) is 0 Å². The Labute approximate surface area is 196 Å². The van der Waals surface area contributed by atoms with Crippen LogP contribution in [0, 0.1) is 0 Å². The summed E-state index contributed by atoms with van der Waals surface area (Å²) in [6.45, 7) is 1.68. The SMILES string of the molecule is CCOC(=O)C1=C(COc2ccc(C(=O)OC)cc2OC)NC(=O)NC1c1ccc(OC)cc1. The Hall–Kier alpha value is -4.21. The zero-order valence-corrected chi connectivity index (χ0v) is 19.3. The van der Waals surface area contributed by atoms with E-state index in [1.54, 1.807) is 44.4 Å². The van der Waals surface area contributed by atoms with Crippen LogP contribution in [0.1, 0.15) is 28.9 Å². The molecule has 10 heteroatoms. The molecule has 2 amide bonds. The average molecular weight is 470 g/mol. The quantitative estimate of drug-likeness (QED) is 0.537. The molecule has 0 bridgehead atoms. The predicted molar refractivity (Wildman–Crippen MR) is 121 cm³/mol. The summed E-state index contributed by atoms with van der Waals surface area (Å²) in [7, 11) is 4.26. The zero-order valence-electron chi connectivity index (χ0n) is 19.3. The molecule has 2 N–H and O–H groups in total. The van der Waals surface area contributed by atoms with Crippen molar-refractivity contribution in [1.82, 2.24) is 10.6 Å². The molecular formula is C24H26N2O8. The smallest absolute Gasteiger partial charge is 0.338 e. The van der Waals surface area contributed by atoms with Gasteiger partial charge in [0.05, 0.1) is 50.8 Å². The molecule has 1 unspecified atom stereocenters. The molecular weight excluding hydrogens is 444 g/mol. The van der Waals surface area contributed by atoms with E-state index >= 15 is 0 Å². The van der Waals surface area contributed by atoms with Gasteiger partial charge in [0.2, 0.25) is 0 Å². The summed E-state index contributed by atoms with van der Waals surface area (Å²) in [6, 6.07) is 10.2. The van der Waals surface area contributed by atoms with Crippen molar-refractivity contribution in [3.8, 4) is 17.2 Å². The van der Waals surface area contributed by atoms with Crippen LogP contribution in [0.25, 0.3) is 0 Å². The van der Waals surface area contributed by atoms with Gasteiger partial charge in [-0.05, 0) is 42.8 Å². The van der Waals surface area contributed by atoms with Gasteiger partial charge in [-0.3, -0.25) is 0 Å². The Bertz CT molecular complexity index is 1090. The average Bonchev–Trinajstić information content (AvgIpc) is 2.86. The van der Waals surface area contributed by atoms with Crippen LogP contribution in [-0.2, 0) is 14.3 Å². The largest absolute Gasteiger partial charge is 0.497 e. The lowest BCUT2D eigenvalue weighted by atomic mass is 9.95. The molecule has 0 aromatic heterocycles. The van der Waals surface area contributed by atoms with Crippen LogP contribution in [0.2, 0.25) is 0 Å². The molecule has 180 valence electrons. The van der Waals surface area contributed by atoms with Crippen molar-refractivity contribution < 1.29 is 38.1 Å². The number of methoxy groups -OCH3 is 3. The van der Waals surface area contributed by atoms with Gasteiger partial charge in [-0.25, -0.2) is 14.4 Å². The first-order valence-electron chi connectivity index (χ1n) is 10.4. The first-order valence-corrected chi connectivity index (χ1v) is 10.4. The third-order valence-corrected chi connectivity index (χ3v) is 5.05. The van der Waals surface area contributed by atoms with E-state index in [2.05, 4.69) is 10.6 Å². The number of amides is 2. The fourth-order valence-electron chi connectivity index (χ4n) is 3.41. The van der Waals surface area contributed by atoms with Gasteiger partial charge in [-0.15, -0.1) is 0 Å². The third kappa shape index (κ3) is 5.40. The first kappa shape index (κ1) is 24.4. The minimum Gasteiger partial charge on any atom is -0.497 e. The lowest BCUT2D eigenvalue weighted by Gasteiger charge is -2.29. The Morgan fingerprint density at radius 2 is 1.68 bits per heavy atom. The molecule has 0 saturated heterocycles. The van der Waals surface area contributed by atoms with E-state index in [1.807, 2.05) is 0 Å². The van der Waals surface area contributed by atoms with Gasteiger partial charge < -0.3 is 34.3 Å². The molecule has 10 nitrogen and oxygen atoms in total. The van der Waals surface area contributed by atoms with Crippen LogP contribution in [0.4, 0.5) is 4.79 Å². The van der Waals surface area contributed by atoms with Crippen molar-refractivity contribution in [1.29, 1.82) is 0 Å². The maximum Gasteiger partial charge on any atom is 0.338 e. The highest BCUT2D eigenvalue weighted by atomic mass is 16.5. The van der Waals surface area contributed by atoms with Crippen LogP contribution in [-0.4, -0.2) is 52.5 Å². The van der Waals surface area contributed by atoms with Crippen LogP contribution in [0.3, 0.4) is 0 Å². The maximum absolute atomic E-state index is 12.9. The predicted octanol–water partition coefficient (Wildman–Crippen LogP) is 2.74. The number of ether oxygens (including phenoxy) is 5. The van der Waals surface area contributed by atoms with Gasteiger partial charge in [-0.1, -0.05) is 12.1 Å². The Kier molecular flexibility index (Phi) is 7.96. The van der Waals surface area contributed by atoms with E-state index in [9.17, 15) is 14.4 Å². The van der Waals surface area contributed by atoms with E-state index in [0.29, 0.717) is 17.1 Å². The van der Waals surface area contributed by atoms with Crippen molar-refractivity contribution in [2.75, 3.05) is 34.5 Å². The number of hydrogen-bond acceptors (Lipinski definition) is 8. The highest BCUT2D eigenvalue weighted by Gasteiger charge is 2.34. The Balaban J connectivity index is 1.95. The summed E-state index contributed by atoms with van der Waals surface area (Å²) in [5.74, 6) is 0.108. The third-order valence-electron chi connectivity index (χ3n) is 5.05. The van der Waals surface area contributed by atoms with E-state index in [0.717, 1.165) is 0 Å². The van der Waals surface area contributed by atoms with Crippen molar-refractivity contribution in [3.05, 3.63) is 64.9 Å². The summed E-state index contributed by atoms with van der Waals surface area (Å²) in [5, 5.41) is 5.39. The van der Waals surface area contributed by atoms with Gasteiger partial charge >= 0.3 is 18.0 Å². The van der Waals surface area contributed by atoms with Crippen molar-refractivity contribution in [2.45, 2.75) is 13.0 Å². The molecule has 34 heavy (non-hydrogen) atoms. The van der Waals surface area contributed by atoms with Gasteiger partial charge in [0.1, 0.15) is 12.4 Å². The summed E-state index contributed by atoms with van der Waals surface area (Å²) >= 11 is 0. The lowest BCUT2D eigenvalue weighted by molar-refractivity contribution is -0.139. The number of esters is 2. The number of rotatable bonds is 9. The number of urea groups is 1. The van der Waals surface area contributed by atoms with Crippen LogP contribution in [0.15, 0.2) is 53.7 Å². The van der Waals surface area contributed by atoms with Gasteiger partial charge in [0.25, 0.3) is 0 Å². The first-order chi connectivity index (χ1) is 16.4. The monoisotopic (exact) mass is 470 g/mol. The number of nitrogens with one attached hydrogen (secondary N) is 2. The Morgan fingerprint density at radius 3 is 2.29 bits per heavy atom. The summed E-state index contributed by atoms with van der Waals surface area (Å²) in [6.07, 6.45) is 0. The molecule has 3 rings (SSSR count). The molecule has 1 aliphatic heterocycles. The van der Waals surface area contributed by atoms with E-state index in [-0.39, 0.29) is 35.8 Å². The second-order valence-electron chi connectivity index (χ2n) is 7.06. The van der Waals surface area contributed by atoms with E-state index in [4.69, 9.17) is 23.7 Å². The van der Waals surface area contributed by atoms with Crippen LogP contribution in [0.5, 0.6) is 17.2 Å². The number of carbonyl (C=O) groups is 3. The highest BCUT2D eigenvalue weighted by molar-refractivity contribution is 5.95. The number of hydrogen-bond donors (Lipinski definition) is 2. The highest BCUT2D eigenvalue weighted by Crippen LogP contribution is 2.32. The second kappa shape index (κ2) is 11.1. The molecule has 0 fully saturated rings. The van der Waals surface area contributed by atoms with E-state index in [1.165, 1.54) is 26.4 Å². The molecule has 0 spiro atoms. The molecule has 1 heterocycles. The lowest BCUT2D eigenvalue weighted by Crippen LogP contribution is -2.47. The normalized spacial score (nSPS) is 15.1. The molecule has 2 aromatic rings. The number of benzene rings is 2. The molecule has 0 saturated carbocycles. The van der Waals surface area contributed by atoms with Gasteiger partial charge in [-0.2, -0.15) is 0 Å².